The molecule has 9 nitrogen and oxygen atoms in total. The summed E-state index contributed by atoms with van der Waals surface area (Å²) in [6, 6.07) is 22.0. The van der Waals surface area contributed by atoms with Crippen LogP contribution in [0.15, 0.2) is 83.9 Å². The van der Waals surface area contributed by atoms with E-state index >= 15 is 4.39 Å². The summed E-state index contributed by atoms with van der Waals surface area (Å²) in [5.74, 6) is -3.79. The number of benzene rings is 3. The van der Waals surface area contributed by atoms with Crippen LogP contribution in [-0.2, 0) is 26.3 Å². The highest BCUT2D eigenvalue weighted by Crippen LogP contribution is 2.39. The number of rotatable bonds is 12. The van der Waals surface area contributed by atoms with Crippen molar-refractivity contribution >= 4 is 24.1 Å². The Morgan fingerprint density at radius 2 is 1.77 bits per heavy atom. The highest BCUT2D eigenvalue weighted by atomic mass is 19.1. The van der Waals surface area contributed by atoms with Gasteiger partial charge in [0.25, 0.3) is 0 Å². The first kappa shape index (κ1) is 33.4. The number of carbonyl (C=O) groups is 3. The number of ether oxygens (including phenoxy) is 1. The quantitative estimate of drug-likeness (QED) is 0.178. The van der Waals surface area contributed by atoms with Crippen molar-refractivity contribution in [1.82, 2.24) is 14.9 Å². The van der Waals surface area contributed by atoms with Crippen LogP contribution in [0.1, 0.15) is 55.3 Å². The minimum atomic E-state index is -1.35. The van der Waals surface area contributed by atoms with Gasteiger partial charge in [-0.3, -0.25) is 14.6 Å². The topological polar surface area (TPSA) is 106 Å². The molecule has 0 bridgehead atoms. The zero-order valence-corrected chi connectivity index (χ0v) is 26.2. The van der Waals surface area contributed by atoms with Crippen LogP contribution in [0.2, 0.25) is 0 Å². The van der Waals surface area contributed by atoms with Crippen molar-refractivity contribution in [3.63, 3.8) is 0 Å². The van der Waals surface area contributed by atoms with E-state index in [9.17, 15) is 24.0 Å². The van der Waals surface area contributed by atoms with Crippen LogP contribution >= 0.6 is 0 Å². The van der Waals surface area contributed by atoms with E-state index in [-0.39, 0.29) is 30.8 Å². The molecule has 244 valence electrons. The van der Waals surface area contributed by atoms with Gasteiger partial charge in [0.2, 0.25) is 6.41 Å². The number of amides is 3. The van der Waals surface area contributed by atoms with Gasteiger partial charge in [0.05, 0.1) is 11.5 Å². The van der Waals surface area contributed by atoms with Gasteiger partial charge in [-0.1, -0.05) is 73.7 Å². The number of nitrogens with zero attached hydrogens (tertiary/aromatic N) is 5. The third-order valence-electron chi connectivity index (χ3n) is 9.00. The maximum Gasteiger partial charge on any atom is 0.362 e. The molecule has 0 N–H and O–H groups in total. The highest BCUT2D eigenvalue weighted by Gasteiger charge is 2.47. The number of esters is 1. The number of carbonyl (C=O) groups excluding carboxylic acids is 3. The lowest BCUT2D eigenvalue weighted by atomic mass is 9.74. The Bertz CT molecular complexity index is 1640. The number of piperidine rings is 1. The number of hydrazine groups is 1. The first-order chi connectivity index (χ1) is 22.8. The maximum absolute atomic E-state index is 15.4. The lowest BCUT2D eigenvalue weighted by Gasteiger charge is -2.43. The third-order valence-corrected chi connectivity index (χ3v) is 9.00. The Labute approximate surface area is 273 Å². The largest absolute Gasteiger partial charge is 0.460 e. The van der Waals surface area contributed by atoms with E-state index in [4.69, 9.17) is 4.74 Å². The zero-order valence-electron chi connectivity index (χ0n) is 26.2. The Morgan fingerprint density at radius 1 is 1.09 bits per heavy atom. The second-order valence-corrected chi connectivity index (χ2v) is 11.8. The lowest BCUT2D eigenvalue weighted by molar-refractivity contribution is -0.154. The molecule has 0 spiro atoms. The van der Waals surface area contributed by atoms with Gasteiger partial charge in [-0.15, -0.1) is 0 Å². The third kappa shape index (κ3) is 7.39. The summed E-state index contributed by atoms with van der Waals surface area (Å²) in [6.45, 7) is 3.64. The van der Waals surface area contributed by atoms with Gasteiger partial charge in [-0.05, 0) is 62.5 Å². The average molecular weight is 642 g/mol. The standard InChI is InChI=1S/C36H37F2N5O4/c1-2-31-32(34(45)47-23-26-10-5-3-6-11-26)33(29-15-14-28(37)22-30(29)38)43(35(46)40-31)42(25-44)19-9-18-41-20-16-36(24-39,17-21-41)27-12-7-4-8-13-27/h3-8,10-15,22,25,32-33H,2,9,16-21,23H2,1H3. The van der Waals surface area contributed by atoms with Gasteiger partial charge in [0.15, 0.2) is 0 Å². The number of aliphatic imine (C=N–C) groups is 1. The second-order valence-electron chi connectivity index (χ2n) is 11.8. The minimum absolute atomic E-state index is 0.0652. The van der Waals surface area contributed by atoms with Crippen LogP contribution < -0.4 is 0 Å². The Balaban J connectivity index is 1.35. The fourth-order valence-electron chi connectivity index (χ4n) is 6.44. The van der Waals surface area contributed by atoms with Gasteiger partial charge in [-0.2, -0.15) is 5.26 Å². The molecule has 3 amide bonds. The number of hydrogen-bond donors (Lipinski definition) is 0. The van der Waals surface area contributed by atoms with Crippen molar-refractivity contribution in [2.24, 2.45) is 10.9 Å². The maximum atomic E-state index is 15.4. The molecule has 2 heterocycles. The van der Waals surface area contributed by atoms with Crippen LogP contribution in [0.5, 0.6) is 0 Å². The van der Waals surface area contributed by atoms with Crippen LogP contribution in [0.25, 0.3) is 0 Å². The number of urea groups is 1. The number of hydrogen-bond acceptors (Lipinski definition) is 6. The first-order valence-corrected chi connectivity index (χ1v) is 15.8. The van der Waals surface area contributed by atoms with Crippen molar-refractivity contribution in [3.8, 4) is 6.07 Å². The lowest BCUT2D eigenvalue weighted by Crippen LogP contribution is -2.55. The second kappa shape index (κ2) is 15.1. The number of likely N-dealkylation sites (tertiary alicyclic amines) is 1. The molecule has 5 rings (SSSR count). The average Bonchev–Trinajstić information content (AvgIpc) is 3.10. The highest BCUT2D eigenvalue weighted by molar-refractivity contribution is 6.09. The van der Waals surface area contributed by atoms with E-state index in [0.717, 1.165) is 27.2 Å². The summed E-state index contributed by atoms with van der Waals surface area (Å²) in [5, 5.41) is 12.1. The molecule has 2 aliphatic heterocycles. The molecule has 0 aromatic heterocycles. The summed E-state index contributed by atoms with van der Waals surface area (Å²) in [4.78, 5) is 46.1. The Kier molecular flexibility index (Phi) is 10.7. The van der Waals surface area contributed by atoms with Crippen molar-refractivity contribution in [2.45, 2.75) is 50.7 Å². The molecular formula is C36H37F2N5O4. The number of halogens is 2. The Morgan fingerprint density at radius 3 is 2.38 bits per heavy atom. The summed E-state index contributed by atoms with van der Waals surface area (Å²) in [5.41, 5.74) is 1.21. The van der Waals surface area contributed by atoms with Crippen molar-refractivity contribution in [3.05, 3.63) is 107 Å². The molecule has 47 heavy (non-hydrogen) atoms. The van der Waals surface area contributed by atoms with E-state index in [0.29, 0.717) is 51.4 Å². The molecule has 11 heteroatoms. The van der Waals surface area contributed by atoms with E-state index in [1.54, 1.807) is 31.2 Å². The molecule has 2 aliphatic rings. The van der Waals surface area contributed by atoms with Crippen LogP contribution in [0, 0.1) is 28.9 Å². The minimum Gasteiger partial charge on any atom is -0.460 e. The molecule has 1 saturated heterocycles. The summed E-state index contributed by atoms with van der Waals surface area (Å²) in [6.07, 6.45) is 2.40. The number of nitriles is 1. The summed E-state index contributed by atoms with van der Waals surface area (Å²) in [7, 11) is 0. The molecule has 3 aromatic carbocycles. The SMILES string of the molecule is CCC1=NC(=O)N(N(C=O)CCCN2CCC(C#N)(c3ccccc3)CC2)C(c2ccc(F)cc2F)C1C(=O)OCc1ccccc1. The van der Waals surface area contributed by atoms with Crippen molar-refractivity contribution in [2.75, 3.05) is 26.2 Å². The van der Waals surface area contributed by atoms with Crippen LogP contribution in [0.4, 0.5) is 13.6 Å². The fourth-order valence-corrected chi connectivity index (χ4v) is 6.44. The van der Waals surface area contributed by atoms with Crippen LogP contribution in [0.3, 0.4) is 0 Å². The summed E-state index contributed by atoms with van der Waals surface area (Å²) < 4.78 is 35.1. The smallest absolute Gasteiger partial charge is 0.362 e. The monoisotopic (exact) mass is 641 g/mol. The molecule has 2 unspecified atom stereocenters. The van der Waals surface area contributed by atoms with E-state index in [2.05, 4.69) is 16.0 Å². The van der Waals surface area contributed by atoms with E-state index in [1.807, 2.05) is 36.4 Å². The van der Waals surface area contributed by atoms with E-state index < -0.39 is 41.0 Å². The molecule has 1 fully saturated rings. The Hall–Kier alpha value is -4.95. The van der Waals surface area contributed by atoms with E-state index in [1.165, 1.54) is 6.07 Å². The molecule has 2 atom stereocenters. The predicted octanol–water partition coefficient (Wildman–Crippen LogP) is 5.97. The normalized spacial score (nSPS) is 19.4. The summed E-state index contributed by atoms with van der Waals surface area (Å²) >= 11 is 0. The first-order valence-electron chi connectivity index (χ1n) is 15.8. The predicted molar refractivity (Wildman–Crippen MR) is 171 cm³/mol. The van der Waals surface area contributed by atoms with Gasteiger partial charge in [0, 0.05) is 23.9 Å². The van der Waals surface area contributed by atoms with Gasteiger partial charge in [0.1, 0.15) is 30.2 Å². The van der Waals surface area contributed by atoms with Gasteiger partial charge < -0.3 is 9.64 Å². The van der Waals surface area contributed by atoms with Crippen LogP contribution in [-0.4, -0.2) is 65.2 Å². The molecule has 0 saturated carbocycles. The molecule has 0 aliphatic carbocycles. The fraction of sp³-hybridized carbons (Fsp3) is 0.361. The van der Waals surface area contributed by atoms with Gasteiger partial charge in [-0.25, -0.2) is 23.6 Å². The van der Waals surface area contributed by atoms with Gasteiger partial charge >= 0.3 is 12.0 Å². The van der Waals surface area contributed by atoms with Crippen molar-refractivity contribution in [1.29, 1.82) is 5.26 Å². The molecule has 0 radical (unpaired) electrons. The molecule has 3 aromatic rings. The zero-order chi connectivity index (χ0) is 33.4. The van der Waals surface area contributed by atoms with Crippen molar-refractivity contribution < 1.29 is 27.9 Å². The molecular weight excluding hydrogens is 604 g/mol.